The highest BCUT2D eigenvalue weighted by Gasteiger charge is 2.48. The van der Waals surface area contributed by atoms with Gasteiger partial charge in [0.2, 0.25) is 5.72 Å². The molecule has 9 nitrogen and oxygen atoms in total. The second-order valence-electron chi connectivity index (χ2n) is 6.72. The van der Waals surface area contributed by atoms with Gasteiger partial charge >= 0.3 is 5.97 Å². The molecule has 1 unspecified atom stereocenters. The van der Waals surface area contributed by atoms with Crippen LogP contribution in [0.1, 0.15) is 25.3 Å². The average Bonchev–Trinajstić information content (AvgIpc) is 3.36. The van der Waals surface area contributed by atoms with E-state index < -0.39 is 11.7 Å². The number of esters is 1. The molecule has 2 aliphatic rings. The summed E-state index contributed by atoms with van der Waals surface area (Å²) in [5.74, 6) is -0.487. The lowest BCUT2D eigenvalue weighted by Crippen LogP contribution is -2.47. The number of fused-ring (bicyclic) bond motifs is 1. The van der Waals surface area contributed by atoms with Crippen LogP contribution >= 0.6 is 0 Å². The lowest BCUT2D eigenvalue weighted by atomic mass is 9.99. The Morgan fingerprint density at radius 2 is 2.22 bits per heavy atom. The van der Waals surface area contributed by atoms with Gasteiger partial charge in [-0.1, -0.05) is 0 Å². The van der Waals surface area contributed by atoms with E-state index in [9.17, 15) is 4.79 Å². The maximum Gasteiger partial charge on any atom is 0.358 e. The van der Waals surface area contributed by atoms with Gasteiger partial charge in [-0.3, -0.25) is 5.32 Å². The molecule has 4 rings (SSSR count). The molecule has 2 aliphatic heterocycles. The normalized spacial score (nSPS) is 23.6. The maximum absolute atomic E-state index is 12.7. The fourth-order valence-electron chi connectivity index (χ4n) is 3.77. The van der Waals surface area contributed by atoms with Crippen LogP contribution in [-0.2, 0) is 31.3 Å². The van der Waals surface area contributed by atoms with Crippen molar-refractivity contribution in [2.45, 2.75) is 38.1 Å². The molecule has 9 heteroatoms. The molecule has 0 amide bonds. The molecule has 2 saturated heterocycles. The number of carbonyl (C=O) groups excluding carboxylic acids is 1. The first kappa shape index (κ1) is 18.1. The van der Waals surface area contributed by atoms with Crippen molar-refractivity contribution in [3.8, 4) is 0 Å². The number of aromatic nitrogens is 3. The van der Waals surface area contributed by atoms with Crippen LogP contribution in [0.25, 0.3) is 11.0 Å². The standard InChI is InChI=1S/C18H25N5O4/c1-3-23-16-13(10-21-23)15(22-12-4-7-26-8-5-12)14(11-19-16)18(17(24)25-2)20-6-9-27-18/h10-12,20H,3-9H2,1-2H3,(H,19,22). The Morgan fingerprint density at radius 1 is 1.41 bits per heavy atom. The number of carbonyl (C=O) groups is 1. The van der Waals surface area contributed by atoms with Crippen molar-refractivity contribution in [2.75, 3.05) is 38.8 Å². The average molecular weight is 375 g/mol. The molecule has 2 N–H and O–H groups in total. The monoisotopic (exact) mass is 375 g/mol. The summed E-state index contributed by atoms with van der Waals surface area (Å²) < 4.78 is 18.2. The summed E-state index contributed by atoms with van der Waals surface area (Å²) in [6.45, 7) is 5.13. The van der Waals surface area contributed by atoms with E-state index in [0.717, 1.165) is 29.6 Å². The first-order chi connectivity index (χ1) is 13.2. The number of aryl methyl sites for hydroxylation is 1. The van der Waals surface area contributed by atoms with E-state index in [2.05, 4.69) is 20.7 Å². The zero-order valence-corrected chi connectivity index (χ0v) is 15.7. The third kappa shape index (κ3) is 3.05. The van der Waals surface area contributed by atoms with E-state index in [4.69, 9.17) is 14.2 Å². The molecule has 0 radical (unpaired) electrons. The number of hydrogen-bond donors (Lipinski definition) is 2. The van der Waals surface area contributed by atoms with E-state index in [1.54, 1.807) is 12.4 Å². The molecule has 0 bridgehead atoms. The third-order valence-corrected chi connectivity index (χ3v) is 5.18. The highest BCUT2D eigenvalue weighted by molar-refractivity contribution is 5.94. The van der Waals surface area contributed by atoms with Crippen molar-refractivity contribution in [3.05, 3.63) is 18.0 Å². The summed E-state index contributed by atoms with van der Waals surface area (Å²) in [6, 6.07) is 0.240. The van der Waals surface area contributed by atoms with Crippen LogP contribution in [-0.4, -0.2) is 60.3 Å². The Hall–Kier alpha value is -2.23. The second-order valence-corrected chi connectivity index (χ2v) is 6.72. The first-order valence-electron chi connectivity index (χ1n) is 9.36. The number of hydrogen-bond acceptors (Lipinski definition) is 8. The molecule has 0 saturated carbocycles. The predicted molar refractivity (Wildman–Crippen MR) is 98.3 cm³/mol. The predicted octanol–water partition coefficient (Wildman–Crippen LogP) is 0.988. The van der Waals surface area contributed by atoms with Gasteiger partial charge in [-0.05, 0) is 19.8 Å². The molecular formula is C18H25N5O4. The van der Waals surface area contributed by atoms with Gasteiger partial charge in [0, 0.05) is 38.5 Å². The highest BCUT2D eigenvalue weighted by Crippen LogP contribution is 2.37. The molecule has 146 valence electrons. The van der Waals surface area contributed by atoms with E-state index in [1.807, 2.05) is 11.6 Å². The van der Waals surface area contributed by atoms with Gasteiger partial charge in [0.15, 0.2) is 5.65 Å². The summed E-state index contributed by atoms with van der Waals surface area (Å²) in [5, 5.41) is 12.1. The summed E-state index contributed by atoms with van der Waals surface area (Å²) in [5.41, 5.74) is 0.847. The number of methoxy groups -OCH3 is 1. The van der Waals surface area contributed by atoms with Crippen molar-refractivity contribution >= 4 is 22.7 Å². The Bertz CT molecular complexity index is 825. The number of nitrogens with zero attached hydrogens (tertiary/aromatic N) is 3. The fraction of sp³-hybridized carbons (Fsp3) is 0.611. The largest absolute Gasteiger partial charge is 0.466 e. The quantitative estimate of drug-likeness (QED) is 0.747. The minimum Gasteiger partial charge on any atom is -0.466 e. The smallest absolute Gasteiger partial charge is 0.358 e. The van der Waals surface area contributed by atoms with Gasteiger partial charge in [-0.25, -0.2) is 14.5 Å². The van der Waals surface area contributed by atoms with Crippen molar-refractivity contribution in [1.29, 1.82) is 0 Å². The van der Waals surface area contributed by atoms with E-state index in [1.165, 1.54) is 7.11 Å². The fourth-order valence-corrected chi connectivity index (χ4v) is 3.77. The maximum atomic E-state index is 12.7. The summed E-state index contributed by atoms with van der Waals surface area (Å²) >= 11 is 0. The minimum atomic E-state index is -1.36. The van der Waals surface area contributed by atoms with E-state index >= 15 is 0 Å². The number of rotatable bonds is 5. The van der Waals surface area contributed by atoms with Gasteiger partial charge in [0.05, 0.1) is 36.6 Å². The summed E-state index contributed by atoms with van der Waals surface area (Å²) in [7, 11) is 1.36. The number of anilines is 1. The van der Waals surface area contributed by atoms with Crippen molar-refractivity contribution < 1.29 is 19.0 Å². The van der Waals surface area contributed by atoms with E-state index in [-0.39, 0.29) is 6.04 Å². The van der Waals surface area contributed by atoms with Crippen LogP contribution in [0.4, 0.5) is 5.69 Å². The molecule has 0 aliphatic carbocycles. The first-order valence-corrected chi connectivity index (χ1v) is 9.36. The van der Waals surface area contributed by atoms with Crippen LogP contribution < -0.4 is 10.6 Å². The van der Waals surface area contributed by atoms with Gasteiger partial charge in [0.25, 0.3) is 0 Å². The lowest BCUT2D eigenvalue weighted by molar-refractivity contribution is -0.167. The molecule has 1 atom stereocenters. The van der Waals surface area contributed by atoms with Crippen LogP contribution in [0.3, 0.4) is 0 Å². The van der Waals surface area contributed by atoms with Crippen molar-refractivity contribution in [3.63, 3.8) is 0 Å². The molecule has 2 aromatic rings. The van der Waals surface area contributed by atoms with Gasteiger partial charge in [-0.2, -0.15) is 5.10 Å². The van der Waals surface area contributed by atoms with Crippen LogP contribution in [0, 0.1) is 0 Å². The lowest BCUT2D eigenvalue weighted by Gasteiger charge is -2.31. The van der Waals surface area contributed by atoms with Crippen molar-refractivity contribution in [1.82, 2.24) is 20.1 Å². The molecular weight excluding hydrogens is 350 g/mol. The Balaban J connectivity index is 1.85. The molecule has 0 aromatic carbocycles. The van der Waals surface area contributed by atoms with Gasteiger partial charge < -0.3 is 19.5 Å². The van der Waals surface area contributed by atoms with Gasteiger partial charge in [-0.15, -0.1) is 0 Å². The van der Waals surface area contributed by atoms with Crippen LogP contribution in [0.2, 0.25) is 0 Å². The Kier molecular flexibility index (Phi) is 4.98. The number of ether oxygens (including phenoxy) is 3. The minimum absolute atomic E-state index is 0.240. The Morgan fingerprint density at radius 3 is 2.89 bits per heavy atom. The third-order valence-electron chi connectivity index (χ3n) is 5.18. The second kappa shape index (κ2) is 7.41. The van der Waals surface area contributed by atoms with Crippen molar-refractivity contribution in [2.24, 2.45) is 0 Å². The molecule has 4 heterocycles. The highest BCUT2D eigenvalue weighted by atomic mass is 16.6. The SMILES string of the molecule is CCn1ncc2c(NC3CCOCC3)c(C3(C(=O)OC)NCCO3)cnc21. The van der Waals surface area contributed by atoms with Crippen LogP contribution in [0.5, 0.6) is 0 Å². The Labute approximate surface area is 157 Å². The molecule has 27 heavy (non-hydrogen) atoms. The number of nitrogens with one attached hydrogen (secondary N) is 2. The summed E-state index contributed by atoms with van der Waals surface area (Å²) in [6.07, 6.45) is 5.26. The zero-order chi connectivity index (χ0) is 18.9. The van der Waals surface area contributed by atoms with Crippen LogP contribution in [0.15, 0.2) is 12.4 Å². The molecule has 2 aromatic heterocycles. The topological polar surface area (TPSA) is 99.5 Å². The molecule has 2 fully saturated rings. The number of pyridine rings is 1. The zero-order valence-electron chi connectivity index (χ0n) is 15.7. The van der Waals surface area contributed by atoms with E-state index in [0.29, 0.717) is 38.5 Å². The van der Waals surface area contributed by atoms with Gasteiger partial charge in [0.1, 0.15) is 0 Å². The summed E-state index contributed by atoms with van der Waals surface area (Å²) in [4.78, 5) is 17.3. The molecule has 0 spiro atoms.